The van der Waals surface area contributed by atoms with Gasteiger partial charge in [0.1, 0.15) is 5.65 Å². The summed E-state index contributed by atoms with van der Waals surface area (Å²) in [6, 6.07) is 0. The summed E-state index contributed by atoms with van der Waals surface area (Å²) in [6.45, 7) is 0. The van der Waals surface area contributed by atoms with Gasteiger partial charge in [-0.3, -0.25) is 0 Å². The van der Waals surface area contributed by atoms with E-state index in [9.17, 15) is 4.79 Å². The smallest absolute Gasteiger partial charge is 0.340 e. The van der Waals surface area contributed by atoms with Gasteiger partial charge in [-0.25, -0.2) is 9.78 Å². The minimum Gasteiger partial charge on any atom is -0.465 e. The van der Waals surface area contributed by atoms with E-state index in [4.69, 9.17) is 11.6 Å². The standard InChI is InChI=1S/C8H6ClN3O2/c1-14-7(13)5-3-10-6-4(5)2-11-8(9)12-6/h2-3H,1H3,(H,10,11,12). The zero-order valence-corrected chi connectivity index (χ0v) is 8.00. The lowest BCUT2D eigenvalue weighted by Crippen LogP contribution is -1.99. The van der Waals surface area contributed by atoms with Crippen LogP contribution in [0.2, 0.25) is 5.28 Å². The fourth-order valence-electron chi connectivity index (χ4n) is 1.16. The van der Waals surface area contributed by atoms with Crippen molar-refractivity contribution in [2.24, 2.45) is 0 Å². The average molecular weight is 212 g/mol. The van der Waals surface area contributed by atoms with Crippen LogP contribution in [-0.2, 0) is 4.74 Å². The van der Waals surface area contributed by atoms with Gasteiger partial charge in [0.15, 0.2) is 0 Å². The van der Waals surface area contributed by atoms with E-state index >= 15 is 0 Å². The number of nitrogens with one attached hydrogen (secondary N) is 1. The van der Waals surface area contributed by atoms with E-state index < -0.39 is 5.97 Å². The van der Waals surface area contributed by atoms with Gasteiger partial charge >= 0.3 is 5.97 Å². The van der Waals surface area contributed by atoms with Crippen LogP contribution >= 0.6 is 11.6 Å². The van der Waals surface area contributed by atoms with Crippen LogP contribution in [0.4, 0.5) is 0 Å². The Hall–Kier alpha value is -1.62. The lowest BCUT2D eigenvalue weighted by atomic mass is 10.2. The van der Waals surface area contributed by atoms with Crippen LogP contribution in [0, 0.1) is 0 Å². The number of fused-ring (bicyclic) bond motifs is 1. The van der Waals surface area contributed by atoms with Crippen molar-refractivity contribution in [3.8, 4) is 0 Å². The van der Waals surface area contributed by atoms with E-state index in [-0.39, 0.29) is 5.28 Å². The Kier molecular flexibility index (Phi) is 2.09. The monoisotopic (exact) mass is 211 g/mol. The lowest BCUT2D eigenvalue weighted by Gasteiger charge is -1.95. The van der Waals surface area contributed by atoms with Crippen molar-refractivity contribution >= 4 is 28.6 Å². The molecule has 0 aromatic carbocycles. The molecule has 1 N–H and O–H groups in total. The molecule has 0 amide bonds. The van der Waals surface area contributed by atoms with Gasteiger partial charge < -0.3 is 9.72 Å². The number of rotatable bonds is 1. The number of carbonyl (C=O) groups is 1. The fourth-order valence-corrected chi connectivity index (χ4v) is 1.30. The molecule has 0 aliphatic rings. The highest BCUT2D eigenvalue weighted by Gasteiger charge is 2.13. The molecule has 0 saturated carbocycles. The van der Waals surface area contributed by atoms with E-state index in [0.29, 0.717) is 16.6 Å². The summed E-state index contributed by atoms with van der Waals surface area (Å²) >= 11 is 5.58. The van der Waals surface area contributed by atoms with Crippen molar-refractivity contribution in [2.75, 3.05) is 7.11 Å². The van der Waals surface area contributed by atoms with Gasteiger partial charge in [0.05, 0.1) is 18.1 Å². The Morgan fingerprint density at radius 2 is 2.43 bits per heavy atom. The highest BCUT2D eigenvalue weighted by atomic mass is 35.5. The molecule has 2 aromatic heterocycles. The maximum atomic E-state index is 11.2. The van der Waals surface area contributed by atoms with Crippen LogP contribution in [0.5, 0.6) is 0 Å². The van der Waals surface area contributed by atoms with Crippen molar-refractivity contribution in [3.05, 3.63) is 23.2 Å². The molecular formula is C8H6ClN3O2. The summed E-state index contributed by atoms with van der Waals surface area (Å²) in [5.41, 5.74) is 0.921. The number of aromatic amines is 1. The first kappa shape index (κ1) is 8.96. The number of halogens is 1. The molecule has 2 aromatic rings. The third kappa shape index (κ3) is 1.31. The largest absolute Gasteiger partial charge is 0.465 e. The molecular weight excluding hydrogens is 206 g/mol. The first-order valence-corrected chi connectivity index (χ1v) is 4.18. The summed E-state index contributed by atoms with van der Waals surface area (Å²) in [5.74, 6) is -0.429. The van der Waals surface area contributed by atoms with Gasteiger partial charge in [0, 0.05) is 12.4 Å². The molecule has 0 aliphatic carbocycles. The maximum absolute atomic E-state index is 11.2. The molecule has 14 heavy (non-hydrogen) atoms. The van der Waals surface area contributed by atoms with Crippen molar-refractivity contribution in [3.63, 3.8) is 0 Å². The van der Waals surface area contributed by atoms with Gasteiger partial charge in [-0.05, 0) is 11.6 Å². The highest BCUT2D eigenvalue weighted by Crippen LogP contribution is 2.17. The quantitative estimate of drug-likeness (QED) is 0.572. The number of aromatic nitrogens is 3. The van der Waals surface area contributed by atoms with Crippen LogP contribution < -0.4 is 0 Å². The third-order valence-corrected chi connectivity index (χ3v) is 1.99. The Balaban J connectivity index is 2.64. The molecule has 0 spiro atoms. The molecule has 0 atom stereocenters. The molecule has 2 heterocycles. The third-order valence-electron chi connectivity index (χ3n) is 1.81. The molecule has 5 nitrogen and oxygen atoms in total. The van der Waals surface area contributed by atoms with Crippen LogP contribution in [0.1, 0.15) is 10.4 Å². The summed E-state index contributed by atoms with van der Waals surface area (Å²) < 4.78 is 4.59. The van der Waals surface area contributed by atoms with Crippen molar-refractivity contribution in [2.45, 2.75) is 0 Å². The van der Waals surface area contributed by atoms with Crippen LogP contribution in [-0.4, -0.2) is 28.0 Å². The minimum absolute atomic E-state index is 0.135. The van der Waals surface area contributed by atoms with Crippen molar-refractivity contribution in [1.82, 2.24) is 15.0 Å². The lowest BCUT2D eigenvalue weighted by molar-refractivity contribution is 0.0603. The van der Waals surface area contributed by atoms with E-state index in [0.717, 1.165) is 0 Å². The Bertz CT molecular complexity index is 494. The van der Waals surface area contributed by atoms with Crippen LogP contribution in [0.25, 0.3) is 11.0 Å². The van der Waals surface area contributed by atoms with E-state index in [2.05, 4.69) is 19.7 Å². The molecule has 72 valence electrons. The molecule has 2 rings (SSSR count). The highest BCUT2D eigenvalue weighted by molar-refractivity contribution is 6.28. The van der Waals surface area contributed by atoms with Gasteiger partial charge in [-0.1, -0.05) is 0 Å². The Morgan fingerprint density at radius 1 is 1.64 bits per heavy atom. The number of nitrogens with zero attached hydrogens (tertiary/aromatic N) is 2. The van der Waals surface area contributed by atoms with E-state index in [1.54, 1.807) is 0 Å². The Morgan fingerprint density at radius 3 is 3.14 bits per heavy atom. The number of hydrogen-bond donors (Lipinski definition) is 1. The molecule has 0 radical (unpaired) electrons. The predicted molar refractivity (Wildman–Crippen MR) is 50.2 cm³/mol. The topological polar surface area (TPSA) is 67.9 Å². The first-order chi connectivity index (χ1) is 6.72. The molecule has 6 heteroatoms. The average Bonchev–Trinajstić information content (AvgIpc) is 2.59. The molecule has 0 aliphatic heterocycles. The van der Waals surface area contributed by atoms with E-state index in [1.165, 1.54) is 19.5 Å². The number of esters is 1. The van der Waals surface area contributed by atoms with Crippen molar-refractivity contribution in [1.29, 1.82) is 0 Å². The minimum atomic E-state index is -0.429. The van der Waals surface area contributed by atoms with E-state index in [1.807, 2.05) is 0 Å². The Labute approximate surface area is 84.1 Å². The van der Waals surface area contributed by atoms with Crippen LogP contribution in [0.15, 0.2) is 12.4 Å². The second-order valence-electron chi connectivity index (χ2n) is 2.60. The van der Waals surface area contributed by atoms with Gasteiger partial charge in [-0.15, -0.1) is 0 Å². The number of ether oxygens (including phenoxy) is 1. The van der Waals surface area contributed by atoms with Crippen molar-refractivity contribution < 1.29 is 9.53 Å². The molecule has 0 unspecified atom stereocenters. The number of carbonyl (C=O) groups excluding carboxylic acids is 1. The fraction of sp³-hybridized carbons (Fsp3) is 0.125. The summed E-state index contributed by atoms with van der Waals surface area (Å²) in [5, 5.41) is 0.733. The summed E-state index contributed by atoms with van der Waals surface area (Å²) in [4.78, 5) is 21.7. The van der Waals surface area contributed by atoms with Crippen LogP contribution in [0.3, 0.4) is 0 Å². The van der Waals surface area contributed by atoms with Gasteiger partial charge in [-0.2, -0.15) is 4.98 Å². The normalized spacial score (nSPS) is 10.4. The number of methoxy groups -OCH3 is 1. The predicted octanol–water partition coefficient (Wildman–Crippen LogP) is 1.40. The van der Waals surface area contributed by atoms with Gasteiger partial charge in [0.2, 0.25) is 5.28 Å². The molecule has 0 fully saturated rings. The molecule has 0 bridgehead atoms. The second-order valence-corrected chi connectivity index (χ2v) is 2.93. The SMILES string of the molecule is COC(=O)c1c[nH]c2nc(Cl)ncc12. The number of hydrogen-bond acceptors (Lipinski definition) is 4. The summed E-state index contributed by atoms with van der Waals surface area (Å²) in [6.07, 6.45) is 2.99. The number of H-pyrrole nitrogens is 1. The zero-order chi connectivity index (χ0) is 10.1. The summed E-state index contributed by atoms with van der Waals surface area (Å²) in [7, 11) is 1.32. The zero-order valence-electron chi connectivity index (χ0n) is 7.24. The second kappa shape index (κ2) is 3.26. The first-order valence-electron chi connectivity index (χ1n) is 3.80. The maximum Gasteiger partial charge on any atom is 0.340 e. The molecule has 0 saturated heterocycles. The van der Waals surface area contributed by atoms with Gasteiger partial charge in [0.25, 0.3) is 0 Å².